The van der Waals surface area contributed by atoms with Gasteiger partial charge in [-0.15, -0.1) is 4.91 Å². The molecule has 0 heterocycles. The highest BCUT2D eigenvalue weighted by Gasteiger charge is 1.98. The Labute approximate surface area is 82.0 Å². The van der Waals surface area contributed by atoms with Crippen LogP contribution in [0.4, 0.5) is 10.5 Å². The van der Waals surface area contributed by atoms with Crippen molar-refractivity contribution < 1.29 is 9.53 Å². The van der Waals surface area contributed by atoms with Gasteiger partial charge in [0.2, 0.25) is 0 Å². The van der Waals surface area contributed by atoms with Crippen molar-refractivity contribution in [3.8, 4) is 5.75 Å². The number of benzene rings is 1. The number of carbonyl (C=O) groups is 1. The van der Waals surface area contributed by atoms with E-state index < -0.39 is 3.98 Å². The smallest absolute Gasteiger partial charge is 0.372 e. The zero-order chi connectivity index (χ0) is 8.97. The summed E-state index contributed by atoms with van der Waals surface area (Å²) in [6, 6.07) is 5.96. The molecule has 4 nitrogen and oxygen atoms in total. The molecule has 5 heteroatoms. The van der Waals surface area contributed by atoms with Gasteiger partial charge in [0.05, 0.1) is 22.6 Å². The second-order valence-corrected chi connectivity index (χ2v) is 2.81. The van der Waals surface area contributed by atoms with Crippen LogP contribution < -0.4 is 4.74 Å². The molecular formula is C7H4INO3. The van der Waals surface area contributed by atoms with Crippen LogP contribution in [0.2, 0.25) is 0 Å². The Balaban J connectivity index is 2.77. The summed E-state index contributed by atoms with van der Waals surface area (Å²) in [5, 5.41) is 2.70. The summed E-state index contributed by atoms with van der Waals surface area (Å²) >= 11 is 1.52. The minimum absolute atomic E-state index is 0.309. The molecule has 0 aliphatic rings. The van der Waals surface area contributed by atoms with Crippen LogP contribution in [-0.2, 0) is 0 Å². The number of nitrogens with zero attached hydrogens (tertiary/aromatic N) is 1. The third-order valence-corrected chi connectivity index (χ3v) is 1.36. The number of hydrogen-bond acceptors (Lipinski definition) is 4. The number of ether oxygens (including phenoxy) is 1. The molecule has 0 fully saturated rings. The lowest BCUT2D eigenvalue weighted by molar-refractivity contribution is 0.230. The van der Waals surface area contributed by atoms with Gasteiger partial charge >= 0.3 is 3.98 Å². The Morgan fingerprint density at radius 3 is 2.33 bits per heavy atom. The Morgan fingerprint density at radius 1 is 1.33 bits per heavy atom. The van der Waals surface area contributed by atoms with Crippen molar-refractivity contribution in [2.24, 2.45) is 5.18 Å². The molecule has 1 aromatic rings. The van der Waals surface area contributed by atoms with E-state index in [4.69, 9.17) is 4.74 Å². The fourth-order valence-corrected chi connectivity index (χ4v) is 0.922. The molecule has 0 N–H and O–H groups in total. The highest BCUT2D eigenvalue weighted by molar-refractivity contribution is 14.1. The fourth-order valence-electron chi connectivity index (χ4n) is 0.668. The van der Waals surface area contributed by atoms with Crippen molar-refractivity contribution in [3.05, 3.63) is 29.2 Å². The predicted molar refractivity (Wildman–Crippen MR) is 51.9 cm³/mol. The highest BCUT2D eigenvalue weighted by atomic mass is 127. The van der Waals surface area contributed by atoms with Gasteiger partial charge in [0.1, 0.15) is 11.4 Å². The summed E-state index contributed by atoms with van der Waals surface area (Å²) < 4.78 is 4.30. The first kappa shape index (κ1) is 9.11. The Hall–Kier alpha value is -0.980. The third-order valence-electron chi connectivity index (χ3n) is 1.14. The lowest BCUT2D eigenvalue weighted by Crippen LogP contribution is -1.94. The monoisotopic (exact) mass is 277 g/mol. The van der Waals surface area contributed by atoms with E-state index in [0.717, 1.165) is 0 Å². The van der Waals surface area contributed by atoms with E-state index in [0.29, 0.717) is 11.4 Å². The first-order valence-corrected chi connectivity index (χ1v) is 4.11. The summed E-state index contributed by atoms with van der Waals surface area (Å²) in [5.74, 6) is 0.404. The van der Waals surface area contributed by atoms with Crippen LogP contribution >= 0.6 is 22.6 Å². The molecule has 0 radical (unpaired) electrons. The summed E-state index contributed by atoms with van der Waals surface area (Å²) in [6.45, 7) is 0. The Bertz CT molecular complexity index is 296. The van der Waals surface area contributed by atoms with Crippen molar-refractivity contribution in [2.75, 3.05) is 0 Å². The van der Waals surface area contributed by atoms with Gasteiger partial charge in [0.25, 0.3) is 0 Å². The molecule has 1 rings (SSSR count). The lowest BCUT2D eigenvalue weighted by Gasteiger charge is -1.97. The lowest BCUT2D eigenvalue weighted by atomic mass is 10.3. The molecular weight excluding hydrogens is 273 g/mol. The molecule has 0 aliphatic heterocycles. The summed E-state index contributed by atoms with van der Waals surface area (Å²) in [5.41, 5.74) is 0.309. The van der Waals surface area contributed by atoms with E-state index in [-0.39, 0.29) is 0 Å². The van der Waals surface area contributed by atoms with Crippen molar-refractivity contribution in [1.29, 1.82) is 0 Å². The van der Waals surface area contributed by atoms with Crippen LogP contribution in [0.3, 0.4) is 0 Å². The molecule has 1 aromatic carbocycles. The van der Waals surface area contributed by atoms with Crippen LogP contribution in [0.5, 0.6) is 5.75 Å². The maximum atomic E-state index is 10.4. The van der Waals surface area contributed by atoms with E-state index in [2.05, 4.69) is 5.18 Å². The molecule has 12 heavy (non-hydrogen) atoms. The zero-order valence-corrected chi connectivity index (χ0v) is 8.02. The minimum Gasteiger partial charge on any atom is -0.419 e. The van der Waals surface area contributed by atoms with E-state index in [1.165, 1.54) is 46.9 Å². The van der Waals surface area contributed by atoms with Gasteiger partial charge in [0.15, 0.2) is 0 Å². The van der Waals surface area contributed by atoms with Gasteiger partial charge < -0.3 is 4.74 Å². The zero-order valence-electron chi connectivity index (χ0n) is 5.86. The van der Waals surface area contributed by atoms with Crippen LogP contribution in [0.15, 0.2) is 29.4 Å². The van der Waals surface area contributed by atoms with E-state index in [1.54, 1.807) is 0 Å². The van der Waals surface area contributed by atoms with Gasteiger partial charge in [-0.3, -0.25) is 0 Å². The van der Waals surface area contributed by atoms with Gasteiger partial charge in [-0.25, -0.2) is 4.79 Å². The quantitative estimate of drug-likeness (QED) is 0.474. The van der Waals surface area contributed by atoms with Crippen molar-refractivity contribution >= 4 is 32.3 Å². The van der Waals surface area contributed by atoms with Crippen LogP contribution in [0.25, 0.3) is 0 Å². The predicted octanol–water partition coefficient (Wildman–Crippen LogP) is 3.02. The molecule has 0 saturated carbocycles. The van der Waals surface area contributed by atoms with Crippen molar-refractivity contribution in [2.45, 2.75) is 0 Å². The topological polar surface area (TPSA) is 55.7 Å². The van der Waals surface area contributed by atoms with Gasteiger partial charge in [-0.1, -0.05) is 0 Å². The van der Waals surface area contributed by atoms with Crippen molar-refractivity contribution in [3.63, 3.8) is 0 Å². The summed E-state index contributed by atoms with van der Waals surface area (Å²) in [7, 11) is 0. The Morgan fingerprint density at radius 2 is 1.92 bits per heavy atom. The normalized spacial score (nSPS) is 9.08. The maximum Gasteiger partial charge on any atom is 0.372 e. The second kappa shape index (κ2) is 4.15. The van der Waals surface area contributed by atoms with Gasteiger partial charge in [0, 0.05) is 0 Å². The van der Waals surface area contributed by atoms with E-state index in [1.807, 2.05) is 0 Å². The molecule has 62 valence electrons. The maximum absolute atomic E-state index is 10.4. The first-order valence-electron chi connectivity index (χ1n) is 3.03. The second-order valence-electron chi connectivity index (χ2n) is 1.92. The molecule has 0 aliphatic carbocycles. The van der Waals surface area contributed by atoms with Crippen molar-refractivity contribution in [1.82, 2.24) is 0 Å². The van der Waals surface area contributed by atoms with Crippen LogP contribution in [-0.4, -0.2) is 3.98 Å². The average Bonchev–Trinajstić information content (AvgIpc) is 2.05. The summed E-state index contributed by atoms with van der Waals surface area (Å²) in [4.78, 5) is 20.4. The molecule has 0 spiro atoms. The largest absolute Gasteiger partial charge is 0.419 e. The third kappa shape index (κ3) is 2.57. The molecule has 0 atom stereocenters. The molecule has 0 amide bonds. The number of nitroso groups, excluding NO2 is 1. The van der Waals surface area contributed by atoms with Crippen LogP contribution in [0.1, 0.15) is 0 Å². The van der Waals surface area contributed by atoms with E-state index >= 15 is 0 Å². The average molecular weight is 277 g/mol. The fraction of sp³-hybridized carbons (Fsp3) is 0. The SMILES string of the molecule is O=Nc1ccc(OC(=O)I)cc1. The first-order chi connectivity index (χ1) is 5.72. The minimum atomic E-state index is -0.417. The van der Waals surface area contributed by atoms with Gasteiger partial charge in [-0.2, -0.15) is 0 Å². The molecule has 0 saturated heterocycles. The van der Waals surface area contributed by atoms with Gasteiger partial charge in [-0.05, 0) is 29.4 Å². The number of halogens is 1. The highest BCUT2D eigenvalue weighted by Crippen LogP contribution is 2.18. The number of hydrogen-bond donors (Lipinski definition) is 0. The molecule has 0 bridgehead atoms. The molecule has 0 unspecified atom stereocenters. The van der Waals surface area contributed by atoms with Crippen LogP contribution in [0, 0.1) is 4.91 Å². The summed E-state index contributed by atoms with van der Waals surface area (Å²) in [6.07, 6.45) is 0. The van der Waals surface area contributed by atoms with E-state index in [9.17, 15) is 9.70 Å². The Kier molecular flexibility index (Phi) is 3.15. The standard InChI is InChI=1S/C7H4INO3/c8-7(10)12-6-3-1-5(9-11)2-4-6/h1-4H. The molecule has 0 aromatic heterocycles. The number of rotatable bonds is 2. The number of carbonyl (C=O) groups excluding carboxylic acids is 1.